The highest BCUT2D eigenvalue weighted by molar-refractivity contribution is 4.98. The number of aliphatic hydroxyl groups is 1. The van der Waals surface area contributed by atoms with Crippen LogP contribution in [0.15, 0.2) is 0 Å². The van der Waals surface area contributed by atoms with Gasteiger partial charge in [-0.2, -0.15) is 0 Å². The topological polar surface area (TPSA) is 23.5 Å². The van der Waals surface area contributed by atoms with Crippen molar-refractivity contribution in [1.29, 1.82) is 0 Å². The minimum absolute atomic E-state index is 0.477. The van der Waals surface area contributed by atoms with Crippen molar-refractivity contribution in [3.05, 3.63) is 0 Å². The van der Waals surface area contributed by atoms with Crippen LogP contribution in [0.4, 0.5) is 0 Å². The molecule has 0 aromatic carbocycles. The first kappa shape index (κ1) is 9.05. The fourth-order valence-electron chi connectivity index (χ4n) is 2.15. The minimum Gasteiger partial charge on any atom is -0.388 e. The van der Waals surface area contributed by atoms with E-state index in [2.05, 4.69) is 10.8 Å². The highest BCUT2D eigenvalue weighted by Crippen LogP contribution is 2.34. The van der Waals surface area contributed by atoms with Crippen molar-refractivity contribution >= 4 is 0 Å². The summed E-state index contributed by atoms with van der Waals surface area (Å²) in [4.78, 5) is 2.41. The van der Waals surface area contributed by atoms with Crippen molar-refractivity contribution in [3.8, 4) is 12.3 Å². The highest BCUT2D eigenvalue weighted by atomic mass is 16.3. The molecule has 2 heteroatoms. The van der Waals surface area contributed by atoms with E-state index in [1.807, 2.05) is 0 Å². The molecule has 0 amide bonds. The number of nitrogens with zero attached hydrogens (tertiary/aromatic N) is 1. The van der Waals surface area contributed by atoms with E-state index in [9.17, 15) is 5.11 Å². The number of β-amino-alcohol motifs (C(OH)–C–C–N with tert-alkyl or cyclic N) is 1. The van der Waals surface area contributed by atoms with E-state index in [1.54, 1.807) is 0 Å². The Kier molecular flexibility index (Phi) is 2.31. The first-order chi connectivity index (χ1) is 6.23. The van der Waals surface area contributed by atoms with Gasteiger partial charge in [0.2, 0.25) is 0 Å². The van der Waals surface area contributed by atoms with Crippen LogP contribution in [0.2, 0.25) is 0 Å². The van der Waals surface area contributed by atoms with Gasteiger partial charge in [-0.05, 0) is 25.7 Å². The smallest absolute Gasteiger partial charge is 0.0795 e. The molecule has 2 rings (SSSR count). The summed E-state index contributed by atoms with van der Waals surface area (Å²) in [6.07, 6.45) is 10.2. The zero-order valence-electron chi connectivity index (χ0n) is 8.00. The van der Waals surface area contributed by atoms with Crippen molar-refractivity contribution in [3.63, 3.8) is 0 Å². The lowest BCUT2D eigenvalue weighted by Gasteiger charge is -2.22. The predicted molar refractivity (Wildman–Crippen MR) is 52.2 cm³/mol. The van der Waals surface area contributed by atoms with Crippen molar-refractivity contribution < 1.29 is 5.11 Å². The van der Waals surface area contributed by atoms with Gasteiger partial charge in [0.15, 0.2) is 0 Å². The summed E-state index contributed by atoms with van der Waals surface area (Å²) < 4.78 is 0. The standard InChI is InChI=1S/C11H17NO/c1-2-3-6-11(13)7-8-12(9-11)10-4-5-10/h1,10,13H,3-9H2. The van der Waals surface area contributed by atoms with Crippen molar-refractivity contribution in [2.24, 2.45) is 0 Å². The summed E-state index contributed by atoms with van der Waals surface area (Å²) in [5.41, 5.74) is -0.477. The molecule has 0 bridgehead atoms. The second kappa shape index (κ2) is 3.32. The molecule has 1 heterocycles. The van der Waals surface area contributed by atoms with Gasteiger partial charge in [-0.25, -0.2) is 0 Å². The molecule has 1 saturated heterocycles. The Morgan fingerprint density at radius 3 is 2.92 bits per heavy atom. The third-order valence-electron chi connectivity index (χ3n) is 3.16. The van der Waals surface area contributed by atoms with Crippen molar-refractivity contribution in [1.82, 2.24) is 4.90 Å². The molecular weight excluding hydrogens is 162 g/mol. The Balaban J connectivity index is 1.84. The molecule has 13 heavy (non-hydrogen) atoms. The normalized spacial score (nSPS) is 34.8. The Labute approximate surface area is 79.9 Å². The third kappa shape index (κ3) is 2.04. The summed E-state index contributed by atoms with van der Waals surface area (Å²) in [6, 6.07) is 0.778. The molecule has 72 valence electrons. The molecule has 1 atom stereocenters. The van der Waals surface area contributed by atoms with Gasteiger partial charge >= 0.3 is 0 Å². The average Bonchev–Trinajstić information content (AvgIpc) is 2.89. The number of hydrogen-bond donors (Lipinski definition) is 1. The van der Waals surface area contributed by atoms with Crippen molar-refractivity contribution in [2.75, 3.05) is 13.1 Å². The van der Waals surface area contributed by atoms with Crippen LogP contribution in [0, 0.1) is 12.3 Å². The van der Waals surface area contributed by atoms with Gasteiger partial charge in [-0.1, -0.05) is 0 Å². The van der Waals surface area contributed by atoms with E-state index in [0.717, 1.165) is 32.0 Å². The molecule has 0 aromatic rings. The number of likely N-dealkylation sites (tertiary alicyclic amines) is 1. The monoisotopic (exact) mass is 179 g/mol. The van der Waals surface area contributed by atoms with Gasteiger partial charge in [0.05, 0.1) is 5.60 Å². The molecule has 1 unspecified atom stereocenters. The van der Waals surface area contributed by atoms with Crippen LogP contribution in [-0.4, -0.2) is 34.7 Å². The maximum Gasteiger partial charge on any atom is 0.0795 e. The maximum atomic E-state index is 10.1. The number of hydrogen-bond acceptors (Lipinski definition) is 2. The quantitative estimate of drug-likeness (QED) is 0.653. The maximum absolute atomic E-state index is 10.1. The molecule has 1 aliphatic carbocycles. The van der Waals surface area contributed by atoms with Gasteiger partial charge in [0.25, 0.3) is 0 Å². The zero-order valence-corrected chi connectivity index (χ0v) is 8.00. The van der Waals surface area contributed by atoms with Gasteiger partial charge in [-0.15, -0.1) is 12.3 Å². The van der Waals surface area contributed by atoms with Gasteiger partial charge in [0.1, 0.15) is 0 Å². The highest BCUT2D eigenvalue weighted by Gasteiger charge is 2.41. The van der Waals surface area contributed by atoms with Gasteiger partial charge in [-0.3, -0.25) is 4.90 Å². The van der Waals surface area contributed by atoms with Crippen LogP contribution >= 0.6 is 0 Å². The molecule has 0 spiro atoms. The Morgan fingerprint density at radius 1 is 1.54 bits per heavy atom. The zero-order chi connectivity index (χ0) is 9.31. The third-order valence-corrected chi connectivity index (χ3v) is 3.16. The SMILES string of the molecule is C#CCCC1(O)CCN(C2CC2)C1. The molecule has 2 nitrogen and oxygen atoms in total. The minimum atomic E-state index is -0.477. The lowest BCUT2D eigenvalue weighted by atomic mass is 9.97. The van der Waals surface area contributed by atoms with E-state index < -0.39 is 5.60 Å². The Morgan fingerprint density at radius 2 is 2.31 bits per heavy atom. The van der Waals surface area contributed by atoms with E-state index in [4.69, 9.17) is 6.42 Å². The fourth-order valence-corrected chi connectivity index (χ4v) is 2.15. The summed E-state index contributed by atoms with van der Waals surface area (Å²) in [6.45, 7) is 1.91. The molecule has 0 aromatic heterocycles. The van der Waals surface area contributed by atoms with Crippen LogP contribution in [0.3, 0.4) is 0 Å². The van der Waals surface area contributed by atoms with Crippen molar-refractivity contribution in [2.45, 2.75) is 43.7 Å². The fraction of sp³-hybridized carbons (Fsp3) is 0.818. The lowest BCUT2D eigenvalue weighted by molar-refractivity contribution is 0.0412. The Bertz CT molecular complexity index is 229. The van der Waals surface area contributed by atoms with E-state index >= 15 is 0 Å². The van der Waals surface area contributed by atoms with E-state index in [1.165, 1.54) is 12.8 Å². The second-order valence-corrected chi connectivity index (χ2v) is 4.38. The predicted octanol–water partition coefficient (Wildman–Crippen LogP) is 0.999. The summed E-state index contributed by atoms with van der Waals surface area (Å²) in [5.74, 6) is 2.60. The number of terminal acetylenes is 1. The molecule has 1 saturated carbocycles. The first-order valence-electron chi connectivity index (χ1n) is 5.13. The Hall–Kier alpha value is -0.520. The van der Waals surface area contributed by atoms with Crippen LogP contribution in [-0.2, 0) is 0 Å². The molecule has 1 N–H and O–H groups in total. The van der Waals surface area contributed by atoms with Crippen LogP contribution in [0.5, 0.6) is 0 Å². The molecule has 2 fully saturated rings. The second-order valence-electron chi connectivity index (χ2n) is 4.38. The van der Waals surface area contributed by atoms with Crippen LogP contribution in [0.1, 0.15) is 32.1 Å². The molecule has 0 radical (unpaired) electrons. The molecule has 1 aliphatic heterocycles. The number of rotatable bonds is 3. The summed E-state index contributed by atoms with van der Waals surface area (Å²) >= 11 is 0. The first-order valence-corrected chi connectivity index (χ1v) is 5.13. The largest absolute Gasteiger partial charge is 0.388 e. The molecule has 2 aliphatic rings. The molecular formula is C11H17NO. The van der Waals surface area contributed by atoms with E-state index in [0.29, 0.717) is 6.42 Å². The lowest BCUT2D eigenvalue weighted by Crippen LogP contribution is -2.33. The van der Waals surface area contributed by atoms with Gasteiger partial charge < -0.3 is 5.11 Å². The van der Waals surface area contributed by atoms with E-state index in [-0.39, 0.29) is 0 Å². The summed E-state index contributed by atoms with van der Waals surface area (Å²) in [7, 11) is 0. The average molecular weight is 179 g/mol. The summed E-state index contributed by atoms with van der Waals surface area (Å²) in [5, 5.41) is 10.1. The van der Waals surface area contributed by atoms with Crippen LogP contribution in [0.25, 0.3) is 0 Å². The van der Waals surface area contributed by atoms with Crippen LogP contribution < -0.4 is 0 Å². The van der Waals surface area contributed by atoms with Gasteiger partial charge in [0, 0.05) is 25.6 Å².